The van der Waals surface area contributed by atoms with E-state index in [-0.39, 0.29) is 12.5 Å². The molecule has 1 amide bonds. The van der Waals surface area contributed by atoms with Gasteiger partial charge >= 0.3 is 5.97 Å². The molecule has 6 heteroatoms. The van der Waals surface area contributed by atoms with Crippen molar-refractivity contribution in [1.29, 1.82) is 0 Å². The van der Waals surface area contributed by atoms with Crippen LogP contribution in [0.1, 0.15) is 12.0 Å². The molecule has 2 rings (SSSR count). The van der Waals surface area contributed by atoms with Gasteiger partial charge in [0, 0.05) is 30.7 Å². The fraction of sp³-hybridized carbons (Fsp3) is 0.467. The number of rotatable bonds is 4. The molecule has 0 atom stereocenters. The number of hydrogen-bond acceptors (Lipinski definition) is 3. The number of carbonyl (C=O) groups is 2. The fourth-order valence-corrected chi connectivity index (χ4v) is 2.95. The van der Waals surface area contributed by atoms with E-state index in [1.165, 1.54) is 0 Å². The van der Waals surface area contributed by atoms with Gasteiger partial charge in [-0.25, -0.2) is 0 Å². The summed E-state index contributed by atoms with van der Waals surface area (Å²) in [6.45, 7) is 2.69. The quantitative estimate of drug-likeness (QED) is 0.892. The Morgan fingerprint density at radius 2 is 2.00 bits per heavy atom. The molecule has 0 radical (unpaired) electrons. The van der Waals surface area contributed by atoms with Crippen molar-refractivity contribution >= 4 is 27.8 Å². The Hall–Kier alpha value is -1.40. The van der Waals surface area contributed by atoms with E-state index in [1.54, 1.807) is 0 Å². The molecule has 114 valence electrons. The molecule has 1 N–H and O–H groups in total. The van der Waals surface area contributed by atoms with Crippen molar-refractivity contribution in [3.63, 3.8) is 0 Å². The zero-order valence-electron chi connectivity index (χ0n) is 11.8. The van der Waals surface area contributed by atoms with Crippen LogP contribution in [0.15, 0.2) is 28.7 Å². The molecule has 0 aliphatic carbocycles. The third-order valence-corrected chi connectivity index (χ3v) is 4.04. The molecule has 1 heterocycles. The Morgan fingerprint density at radius 1 is 1.19 bits per heavy atom. The van der Waals surface area contributed by atoms with Crippen molar-refractivity contribution in [2.24, 2.45) is 0 Å². The number of hydrogen-bond donors (Lipinski definition) is 1. The Labute approximate surface area is 132 Å². The number of carbonyl (C=O) groups excluding carboxylic acids is 1. The van der Waals surface area contributed by atoms with Crippen molar-refractivity contribution in [3.8, 4) is 0 Å². The molecule has 0 saturated carbocycles. The molecule has 1 fully saturated rings. The molecule has 0 spiro atoms. The highest BCUT2D eigenvalue weighted by molar-refractivity contribution is 9.10. The average molecular weight is 355 g/mol. The number of carboxylic acids is 1. The highest BCUT2D eigenvalue weighted by atomic mass is 79.9. The summed E-state index contributed by atoms with van der Waals surface area (Å²) in [5.41, 5.74) is 0.987. The number of aliphatic carboxylic acids is 1. The lowest BCUT2D eigenvalue weighted by Gasteiger charge is -2.21. The van der Waals surface area contributed by atoms with Gasteiger partial charge in [0.25, 0.3) is 0 Å². The molecule has 1 aromatic carbocycles. The standard InChI is InChI=1S/C15H19BrN2O3/c16-13-4-1-3-12(9-13)10-14(19)18-6-2-5-17(7-8-18)11-15(20)21/h1,3-4,9H,2,5-8,10-11H2,(H,20,21). The molecule has 0 aromatic heterocycles. The maximum atomic E-state index is 12.3. The summed E-state index contributed by atoms with van der Waals surface area (Å²) < 4.78 is 0.969. The Kier molecular flexibility index (Phi) is 5.76. The predicted octanol–water partition coefficient (Wildman–Crippen LogP) is 1.61. The molecule has 5 nitrogen and oxygen atoms in total. The van der Waals surface area contributed by atoms with Gasteiger partial charge in [0.2, 0.25) is 5.91 Å². The molecule has 0 unspecified atom stereocenters. The SMILES string of the molecule is O=C(O)CN1CCCN(C(=O)Cc2cccc(Br)c2)CC1. The normalized spacial score (nSPS) is 16.5. The van der Waals surface area contributed by atoms with E-state index in [0.717, 1.165) is 23.0 Å². The molecule has 0 bridgehead atoms. The molecule has 1 saturated heterocycles. The van der Waals surface area contributed by atoms with Gasteiger partial charge in [0.15, 0.2) is 0 Å². The lowest BCUT2D eigenvalue weighted by atomic mass is 10.1. The summed E-state index contributed by atoms with van der Waals surface area (Å²) in [6.07, 6.45) is 1.20. The second-order valence-electron chi connectivity index (χ2n) is 5.21. The fourth-order valence-electron chi connectivity index (χ4n) is 2.50. The van der Waals surface area contributed by atoms with Crippen LogP contribution in [-0.2, 0) is 16.0 Å². The maximum Gasteiger partial charge on any atom is 0.317 e. The van der Waals surface area contributed by atoms with E-state index in [9.17, 15) is 9.59 Å². The van der Waals surface area contributed by atoms with Crippen LogP contribution in [0.2, 0.25) is 0 Å². The van der Waals surface area contributed by atoms with Crippen LogP contribution in [0.25, 0.3) is 0 Å². The minimum Gasteiger partial charge on any atom is -0.480 e. The van der Waals surface area contributed by atoms with Crippen molar-refractivity contribution in [3.05, 3.63) is 34.3 Å². The van der Waals surface area contributed by atoms with Gasteiger partial charge in [-0.15, -0.1) is 0 Å². The van der Waals surface area contributed by atoms with E-state index in [1.807, 2.05) is 34.1 Å². The third kappa shape index (κ3) is 5.13. The van der Waals surface area contributed by atoms with Gasteiger partial charge in [-0.3, -0.25) is 14.5 Å². The second-order valence-corrected chi connectivity index (χ2v) is 6.13. The maximum absolute atomic E-state index is 12.3. The third-order valence-electron chi connectivity index (χ3n) is 3.54. The number of carboxylic acid groups (broad SMARTS) is 1. The topological polar surface area (TPSA) is 60.9 Å². The minimum absolute atomic E-state index is 0.0493. The van der Waals surface area contributed by atoms with Crippen LogP contribution in [0.5, 0.6) is 0 Å². The van der Waals surface area contributed by atoms with Gasteiger partial charge in [-0.1, -0.05) is 28.1 Å². The zero-order chi connectivity index (χ0) is 15.2. The van der Waals surface area contributed by atoms with Gasteiger partial charge in [0.05, 0.1) is 13.0 Å². The summed E-state index contributed by atoms with van der Waals surface area (Å²) in [4.78, 5) is 26.8. The van der Waals surface area contributed by atoms with Gasteiger partial charge in [-0.05, 0) is 24.1 Å². The van der Waals surface area contributed by atoms with Crippen LogP contribution in [0.4, 0.5) is 0 Å². The lowest BCUT2D eigenvalue weighted by Crippen LogP contribution is -2.37. The van der Waals surface area contributed by atoms with Crippen LogP contribution in [0, 0.1) is 0 Å². The van der Waals surface area contributed by atoms with Crippen LogP contribution in [0.3, 0.4) is 0 Å². The van der Waals surface area contributed by atoms with E-state index in [2.05, 4.69) is 15.9 Å². The number of halogens is 1. The van der Waals surface area contributed by atoms with Crippen molar-refractivity contribution < 1.29 is 14.7 Å². The summed E-state index contributed by atoms with van der Waals surface area (Å²) in [5, 5.41) is 8.83. The monoisotopic (exact) mass is 354 g/mol. The van der Waals surface area contributed by atoms with E-state index in [4.69, 9.17) is 5.11 Å². The van der Waals surface area contributed by atoms with Crippen molar-refractivity contribution in [1.82, 2.24) is 9.80 Å². The van der Waals surface area contributed by atoms with Gasteiger partial charge in [-0.2, -0.15) is 0 Å². The highest BCUT2D eigenvalue weighted by Gasteiger charge is 2.20. The summed E-state index contributed by atoms with van der Waals surface area (Å²) in [7, 11) is 0. The Balaban J connectivity index is 1.89. The Morgan fingerprint density at radius 3 is 2.71 bits per heavy atom. The zero-order valence-corrected chi connectivity index (χ0v) is 13.4. The first-order valence-electron chi connectivity index (χ1n) is 7.01. The predicted molar refractivity (Wildman–Crippen MR) is 83.1 cm³/mol. The first-order valence-corrected chi connectivity index (χ1v) is 7.80. The minimum atomic E-state index is -0.816. The molecule has 1 aliphatic heterocycles. The van der Waals surface area contributed by atoms with Crippen molar-refractivity contribution in [2.75, 3.05) is 32.7 Å². The lowest BCUT2D eigenvalue weighted by molar-refractivity contribution is -0.138. The van der Waals surface area contributed by atoms with Crippen LogP contribution in [-0.4, -0.2) is 59.5 Å². The van der Waals surface area contributed by atoms with E-state index < -0.39 is 5.97 Å². The molecule has 1 aliphatic rings. The molecule has 21 heavy (non-hydrogen) atoms. The van der Waals surface area contributed by atoms with Crippen LogP contribution < -0.4 is 0 Å². The molecular formula is C15H19BrN2O3. The van der Waals surface area contributed by atoms with Gasteiger partial charge in [0.1, 0.15) is 0 Å². The van der Waals surface area contributed by atoms with Crippen LogP contribution >= 0.6 is 15.9 Å². The Bertz CT molecular complexity index is 521. The van der Waals surface area contributed by atoms with E-state index >= 15 is 0 Å². The largest absolute Gasteiger partial charge is 0.480 e. The summed E-state index contributed by atoms with van der Waals surface area (Å²) in [6, 6.07) is 7.75. The first kappa shape index (κ1) is 16.0. The molecular weight excluding hydrogens is 336 g/mol. The first-order chi connectivity index (χ1) is 10.0. The van der Waals surface area contributed by atoms with Crippen molar-refractivity contribution in [2.45, 2.75) is 12.8 Å². The molecule has 1 aromatic rings. The average Bonchev–Trinajstić information content (AvgIpc) is 2.63. The number of nitrogens with zero attached hydrogens (tertiary/aromatic N) is 2. The van der Waals surface area contributed by atoms with E-state index in [0.29, 0.717) is 26.1 Å². The van der Waals surface area contributed by atoms with Gasteiger partial charge < -0.3 is 10.0 Å². The number of amides is 1. The smallest absolute Gasteiger partial charge is 0.317 e. The highest BCUT2D eigenvalue weighted by Crippen LogP contribution is 2.13. The summed E-state index contributed by atoms with van der Waals surface area (Å²) in [5.74, 6) is -0.714. The number of benzene rings is 1. The summed E-state index contributed by atoms with van der Waals surface area (Å²) >= 11 is 3.40. The second kappa shape index (κ2) is 7.56.